The molecule has 0 bridgehead atoms. The van der Waals surface area contributed by atoms with E-state index in [0.29, 0.717) is 0 Å². The first kappa shape index (κ1) is 11.0. The van der Waals surface area contributed by atoms with Crippen molar-refractivity contribution >= 4 is 17.0 Å². The summed E-state index contributed by atoms with van der Waals surface area (Å²) >= 11 is 0. The molecule has 2 aromatic heterocycles. The second-order valence-corrected chi connectivity index (χ2v) is 4.55. The van der Waals surface area contributed by atoms with Crippen molar-refractivity contribution in [3.8, 4) is 0 Å². The Hall–Kier alpha value is -2.17. The van der Waals surface area contributed by atoms with E-state index in [0.717, 1.165) is 35.9 Å². The number of rotatable bonds is 2. The maximum Gasteiger partial charge on any atom is 0.243 e. The molecule has 0 saturated heterocycles. The molecule has 1 aliphatic rings. The second-order valence-electron chi connectivity index (χ2n) is 4.55. The van der Waals surface area contributed by atoms with Crippen LogP contribution in [0.4, 0.5) is 0 Å². The third-order valence-corrected chi connectivity index (χ3v) is 3.45. The van der Waals surface area contributed by atoms with E-state index in [4.69, 9.17) is 0 Å². The Balaban J connectivity index is 2.29. The minimum Gasteiger partial charge on any atom is -0.344 e. The summed E-state index contributed by atoms with van der Waals surface area (Å²) in [6.07, 6.45) is 7.31. The highest BCUT2D eigenvalue weighted by atomic mass is 16.6. The first-order chi connectivity index (χ1) is 8.68. The molecule has 1 aliphatic heterocycles. The van der Waals surface area contributed by atoms with Gasteiger partial charge in [-0.05, 0) is 18.9 Å². The number of pyridine rings is 1. The Kier molecular flexibility index (Phi) is 2.40. The molecule has 18 heavy (non-hydrogen) atoms. The normalized spacial score (nSPS) is 15.1. The van der Waals surface area contributed by atoms with Gasteiger partial charge in [-0.25, -0.2) is 0 Å². The van der Waals surface area contributed by atoms with Crippen molar-refractivity contribution in [1.82, 2.24) is 9.55 Å². The molecular weight excluding hydrogens is 230 g/mol. The Labute approximate surface area is 104 Å². The molecule has 92 valence electrons. The third kappa shape index (κ3) is 1.51. The molecule has 5 nitrogen and oxygen atoms in total. The number of hydrogen-bond acceptors (Lipinski definition) is 3. The first-order valence-corrected chi connectivity index (χ1v) is 5.96. The van der Waals surface area contributed by atoms with Crippen molar-refractivity contribution < 1.29 is 4.92 Å². The lowest BCUT2D eigenvalue weighted by atomic mass is 10.1. The van der Waals surface area contributed by atoms with Crippen LogP contribution in [0.2, 0.25) is 0 Å². The van der Waals surface area contributed by atoms with Crippen LogP contribution in [0.5, 0.6) is 0 Å². The van der Waals surface area contributed by atoms with Gasteiger partial charge in [-0.2, -0.15) is 0 Å². The Morgan fingerprint density at radius 2 is 2.44 bits per heavy atom. The highest BCUT2D eigenvalue weighted by Gasteiger charge is 2.21. The second kappa shape index (κ2) is 3.94. The highest BCUT2D eigenvalue weighted by molar-refractivity contribution is 5.91. The smallest absolute Gasteiger partial charge is 0.243 e. The van der Waals surface area contributed by atoms with Gasteiger partial charge in [0.05, 0.1) is 10.4 Å². The molecule has 0 fully saturated rings. The van der Waals surface area contributed by atoms with Crippen LogP contribution in [0.3, 0.4) is 0 Å². The van der Waals surface area contributed by atoms with E-state index in [1.54, 1.807) is 18.5 Å². The molecule has 5 heteroatoms. The van der Waals surface area contributed by atoms with Gasteiger partial charge in [0.15, 0.2) is 0 Å². The maximum atomic E-state index is 10.8. The van der Waals surface area contributed by atoms with Gasteiger partial charge in [0.25, 0.3) is 0 Å². The minimum absolute atomic E-state index is 0.168. The zero-order valence-electron chi connectivity index (χ0n) is 10.1. The standard InChI is InChI=1S/C13H13N3O2/c1-9(16(17)18)7-10-11-8-14-5-4-13(11)15-6-2-3-12(10)15/h4-5,7-8H,2-3,6H2,1H3/b9-7+. The first-order valence-electron chi connectivity index (χ1n) is 5.96. The van der Waals surface area contributed by atoms with E-state index in [-0.39, 0.29) is 10.6 Å². The highest BCUT2D eigenvalue weighted by Crippen LogP contribution is 2.32. The summed E-state index contributed by atoms with van der Waals surface area (Å²) in [6.45, 7) is 2.52. The van der Waals surface area contributed by atoms with Crippen LogP contribution < -0.4 is 0 Å². The minimum atomic E-state index is -0.346. The molecule has 0 radical (unpaired) electrons. The summed E-state index contributed by atoms with van der Waals surface area (Å²) in [5.41, 5.74) is 3.45. The Morgan fingerprint density at radius 3 is 3.22 bits per heavy atom. The van der Waals surface area contributed by atoms with Crippen molar-refractivity contribution in [2.45, 2.75) is 26.3 Å². The lowest BCUT2D eigenvalue weighted by Crippen LogP contribution is -1.94. The van der Waals surface area contributed by atoms with Gasteiger partial charge >= 0.3 is 0 Å². The number of nitrogens with zero attached hydrogens (tertiary/aromatic N) is 3. The topological polar surface area (TPSA) is 61.0 Å². The number of allylic oxidation sites excluding steroid dienone is 1. The van der Waals surface area contributed by atoms with Crippen LogP contribution in [0.15, 0.2) is 24.2 Å². The molecule has 3 heterocycles. The monoisotopic (exact) mass is 243 g/mol. The molecule has 0 saturated carbocycles. The van der Waals surface area contributed by atoms with Crippen molar-refractivity contribution in [2.24, 2.45) is 0 Å². The van der Waals surface area contributed by atoms with Crippen LogP contribution in [0.1, 0.15) is 24.6 Å². The van der Waals surface area contributed by atoms with E-state index in [9.17, 15) is 10.1 Å². The van der Waals surface area contributed by atoms with Crippen LogP contribution in [-0.4, -0.2) is 14.5 Å². The third-order valence-electron chi connectivity index (χ3n) is 3.45. The molecule has 0 atom stereocenters. The molecule has 3 rings (SSSR count). The Bertz CT molecular complexity index is 670. The van der Waals surface area contributed by atoms with E-state index in [1.807, 2.05) is 6.07 Å². The number of aromatic nitrogens is 2. The van der Waals surface area contributed by atoms with Gasteiger partial charge in [-0.1, -0.05) is 0 Å². The summed E-state index contributed by atoms with van der Waals surface area (Å²) < 4.78 is 2.25. The fraction of sp³-hybridized carbons (Fsp3) is 0.308. The van der Waals surface area contributed by atoms with E-state index in [1.165, 1.54) is 12.6 Å². The van der Waals surface area contributed by atoms with Gasteiger partial charge in [0, 0.05) is 48.6 Å². The largest absolute Gasteiger partial charge is 0.344 e. The van der Waals surface area contributed by atoms with E-state index < -0.39 is 0 Å². The van der Waals surface area contributed by atoms with Crippen molar-refractivity contribution in [2.75, 3.05) is 0 Å². The molecule has 0 spiro atoms. The average Bonchev–Trinajstić information content (AvgIpc) is 2.92. The van der Waals surface area contributed by atoms with Gasteiger partial charge in [0.1, 0.15) is 0 Å². The lowest BCUT2D eigenvalue weighted by molar-refractivity contribution is -0.422. The van der Waals surface area contributed by atoms with Gasteiger partial charge in [-0.3, -0.25) is 15.1 Å². The van der Waals surface area contributed by atoms with E-state index in [2.05, 4.69) is 9.55 Å². The van der Waals surface area contributed by atoms with Crippen LogP contribution in [0.25, 0.3) is 17.0 Å². The summed E-state index contributed by atoms with van der Waals surface area (Å²) in [5, 5.41) is 11.8. The molecule has 0 unspecified atom stereocenters. The van der Waals surface area contributed by atoms with Gasteiger partial charge in [-0.15, -0.1) is 0 Å². The lowest BCUT2D eigenvalue weighted by Gasteiger charge is -1.97. The summed E-state index contributed by atoms with van der Waals surface area (Å²) in [6, 6.07) is 1.98. The average molecular weight is 243 g/mol. The SMILES string of the molecule is C/C(=C\c1c2n(c3ccncc13)CCC2)[N+](=O)[O-]. The zero-order valence-corrected chi connectivity index (χ0v) is 10.1. The van der Waals surface area contributed by atoms with Gasteiger partial charge < -0.3 is 4.57 Å². The number of hydrogen-bond donors (Lipinski definition) is 0. The zero-order chi connectivity index (χ0) is 12.7. The molecule has 0 aromatic carbocycles. The molecule has 0 aliphatic carbocycles. The molecular formula is C13H13N3O2. The quantitative estimate of drug-likeness (QED) is 0.601. The molecule has 0 N–H and O–H groups in total. The molecule has 2 aromatic rings. The number of nitro groups is 1. The predicted octanol–water partition coefficient (Wildman–Crippen LogP) is 2.62. The number of fused-ring (bicyclic) bond motifs is 3. The van der Waals surface area contributed by atoms with Gasteiger partial charge in [0.2, 0.25) is 5.70 Å². The fourth-order valence-electron chi connectivity index (χ4n) is 2.63. The van der Waals surface area contributed by atoms with Crippen molar-refractivity contribution in [3.05, 3.63) is 45.5 Å². The summed E-state index contributed by atoms with van der Waals surface area (Å²) in [5.74, 6) is 0. The van der Waals surface area contributed by atoms with Crippen LogP contribution in [0, 0.1) is 10.1 Å². The van der Waals surface area contributed by atoms with Crippen molar-refractivity contribution in [1.29, 1.82) is 0 Å². The summed E-state index contributed by atoms with van der Waals surface area (Å²) in [4.78, 5) is 14.6. The summed E-state index contributed by atoms with van der Waals surface area (Å²) in [7, 11) is 0. The molecule has 0 amide bonds. The van der Waals surface area contributed by atoms with E-state index >= 15 is 0 Å². The number of aryl methyl sites for hydroxylation is 1. The fourth-order valence-corrected chi connectivity index (χ4v) is 2.63. The maximum absolute atomic E-state index is 10.8. The van der Waals surface area contributed by atoms with Crippen molar-refractivity contribution in [3.63, 3.8) is 0 Å². The van der Waals surface area contributed by atoms with Crippen LogP contribution >= 0.6 is 0 Å². The van der Waals surface area contributed by atoms with Crippen LogP contribution in [-0.2, 0) is 13.0 Å². The Morgan fingerprint density at radius 1 is 1.61 bits per heavy atom. The predicted molar refractivity (Wildman–Crippen MR) is 68.7 cm³/mol.